The normalized spacial score (nSPS) is 12.9. The van der Waals surface area contributed by atoms with Crippen LogP contribution in [0.2, 0.25) is 0 Å². The highest BCUT2D eigenvalue weighted by atomic mass is 31.2. The molecule has 0 aliphatic rings. The van der Waals surface area contributed by atoms with Crippen LogP contribution in [-0.2, 0) is 4.57 Å². The monoisotopic (exact) mass is 434 g/mol. The molecule has 3 rings (SSSR count). The van der Waals surface area contributed by atoms with Crippen molar-refractivity contribution in [2.75, 3.05) is 6.61 Å². The molecule has 0 heterocycles. The van der Waals surface area contributed by atoms with Crippen LogP contribution < -0.4 is 15.3 Å². The molecule has 3 nitrogen and oxygen atoms in total. The highest BCUT2D eigenvalue weighted by molar-refractivity contribution is 7.93. The van der Waals surface area contributed by atoms with Gasteiger partial charge in [-0.05, 0) is 68.1 Å². The van der Waals surface area contributed by atoms with Crippen LogP contribution in [0.4, 0.5) is 0 Å². The fourth-order valence-electron chi connectivity index (χ4n) is 3.71. The van der Waals surface area contributed by atoms with E-state index in [1.165, 1.54) is 0 Å². The highest BCUT2D eigenvalue weighted by Crippen LogP contribution is 2.48. The molecule has 4 heteroatoms. The first-order valence-electron chi connectivity index (χ1n) is 10.9. The van der Waals surface area contributed by atoms with E-state index in [1.807, 2.05) is 51.1 Å². The third-order valence-corrected chi connectivity index (χ3v) is 8.91. The molecule has 0 saturated heterocycles. The van der Waals surface area contributed by atoms with Crippen molar-refractivity contribution in [1.82, 2.24) is 0 Å². The summed E-state index contributed by atoms with van der Waals surface area (Å²) >= 11 is 0. The number of ether oxygens (including phenoxy) is 1. The van der Waals surface area contributed by atoms with Crippen LogP contribution in [0.25, 0.3) is 0 Å². The van der Waals surface area contributed by atoms with Crippen LogP contribution in [0.1, 0.15) is 53.2 Å². The van der Waals surface area contributed by atoms with Crippen LogP contribution in [0, 0.1) is 20.8 Å². The van der Waals surface area contributed by atoms with Gasteiger partial charge < -0.3 is 9.30 Å². The van der Waals surface area contributed by atoms with Crippen molar-refractivity contribution in [1.29, 1.82) is 0 Å². The molecule has 31 heavy (non-hydrogen) atoms. The van der Waals surface area contributed by atoms with E-state index in [9.17, 15) is 9.36 Å². The van der Waals surface area contributed by atoms with Crippen LogP contribution in [-0.4, -0.2) is 12.1 Å². The smallest absolute Gasteiger partial charge is 0.230 e. The van der Waals surface area contributed by atoms with E-state index < -0.39 is 7.14 Å². The summed E-state index contributed by atoms with van der Waals surface area (Å²) in [5.74, 6) is 0.732. The molecule has 0 fully saturated rings. The lowest BCUT2D eigenvalue weighted by molar-refractivity contribution is 0.107. The minimum atomic E-state index is -3.57. The predicted octanol–water partition coefficient (Wildman–Crippen LogP) is 6.34. The average Bonchev–Trinajstić information content (AvgIpc) is 2.80. The van der Waals surface area contributed by atoms with Gasteiger partial charge in [-0.15, -0.1) is 0 Å². The first-order chi connectivity index (χ1) is 14.9. The van der Waals surface area contributed by atoms with Crippen LogP contribution in [0.5, 0.6) is 5.75 Å². The molecule has 0 aromatic heterocycles. The van der Waals surface area contributed by atoms with Gasteiger partial charge in [0.2, 0.25) is 12.7 Å². The summed E-state index contributed by atoms with van der Waals surface area (Å²) in [6, 6.07) is 19.9. The van der Waals surface area contributed by atoms with Crippen molar-refractivity contribution < 1.29 is 14.1 Å². The van der Waals surface area contributed by atoms with Crippen molar-refractivity contribution in [3.63, 3.8) is 0 Å². The fourth-order valence-corrected chi connectivity index (χ4v) is 6.44. The van der Waals surface area contributed by atoms with Gasteiger partial charge in [0.15, 0.2) is 0 Å². The molecule has 0 saturated carbocycles. The molecule has 162 valence electrons. The average molecular weight is 435 g/mol. The molecule has 0 spiro atoms. The second kappa shape index (κ2) is 10.1. The summed E-state index contributed by atoms with van der Waals surface area (Å²) in [5.41, 5.74) is 3.22. The zero-order valence-electron chi connectivity index (χ0n) is 18.9. The quantitative estimate of drug-likeness (QED) is 0.292. The molecule has 1 atom stereocenters. The van der Waals surface area contributed by atoms with E-state index in [4.69, 9.17) is 4.74 Å². The van der Waals surface area contributed by atoms with E-state index in [2.05, 4.69) is 6.92 Å². The minimum absolute atomic E-state index is 0.337. The number of carbonyl (C=O) groups is 1. The predicted molar refractivity (Wildman–Crippen MR) is 130 cm³/mol. The Hall–Kier alpha value is -2.64. The minimum Gasteiger partial charge on any atom is -0.494 e. The number of hydrogen-bond acceptors (Lipinski definition) is 3. The molecule has 0 bridgehead atoms. The van der Waals surface area contributed by atoms with Crippen molar-refractivity contribution in [2.24, 2.45) is 0 Å². The molecular weight excluding hydrogens is 403 g/mol. The number of unbranched alkanes of at least 4 members (excludes halogenated alkanes) is 2. The van der Waals surface area contributed by atoms with E-state index in [-0.39, 0.29) is 5.52 Å². The van der Waals surface area contributed by atoms with E-state index >= 15 is 0 Å². The Bertz CT molecular complexity index is 1090. The van der Waals surface area contributed by atoms with E-state index in [1.54, 1.807) is 36.4 Å². The van der Waals surface area contributed by atoms with Crippen LogP contribution in [0.3, 0.4) is 0 Å². The van der Waals surface area contributed by atoms with Gasteiger partial charge in [0.05, 0.1) is 6.61 Å². The Balaban J connectivity index is 2.06. The van der Waals surface area contributed by atoms with Crippen molar-refractivity contribution in [2.45, 2.75) is 47.0 Å². The summed E-state index contributed by atoms with van der Waals surface area (Å²) in [4.78, 5) is 13.7. The van der Waals surface area contributed by atoms with Gasteiger partial charge in [0.25, 0.3) is 0 Å². The molecule has 0 N–H and O–H groups in total. The van der Waals surface area contributed by atoms with Gasteiger partial charge in [-0.25, -0.2) is 0 Å². The number of carbonyl (C=O) groups excluding carboxylic acids is 1. The van der Waals surface area contributed by atoms with Crippen LogP contribution in [0.15, 0.2) is 66.7 Å². The SMILES string of the molecule is CCCCCOc1ccc(P(=O)(C(=O)c2ccccc2)c2ccc(C)c(C)c2C)cc1. The fraction of sp³-hybridized carbons (Fsp3) is 0.296. The summed E-state index contributed by atoms with van der Waals surface area (Å²) in [7, 11) is -3.57. The van der Waals surface area contributed by atoms with Crippen molar-refractivity contribution >= 4 is 23.3 Å². The molecule has 0 amide bonds. The first kappa shape index (κ1) is 23.0. The number of aryl methyl sites for hydroxylation is 1. The zero-order valence-corrected chi connectivity index (χ0v) is 19.7. The second-order valence-electron chi connectivity index (χ2n) is 7.98. The van der Waals surface area contributed by atoms with Gasteiger partial charge in [0, 0.05) is 16.2 Å². The second-order valence-corrected chi connectivity index (χ2v) is 10.6. The molecular formula is C27H31O3P. The largest absolute Gasteiger partial charge is 0.494 e. The van der Waals surface area contributed by atoms with Crippen molar-refractivity contribution in [3.8, 4) is 5.75 Å². The van der Waals surface area contributed by atoms with E-state index in [0.29, 0.717) is 22.8 Å². The third kappa shape index (κ3) is 4.83. The lowest BCUT2D eigenvalue weighted by Gasteiger charge is -2.22. The standard InChI is InChI=1S/C27H31O3P/c1-5-6-10-19-30-24-14-16-25(17-15-24)31(29,27(28)23-11-8-7-9-12-23)26-18-13-20(2)21(3)22(26)4/h7-9,11-18H,5-6,10,19H2,1-4H3. The van der Waals surface area contributed by atoms with Crippen LogP contribution >= 0.6 is 7.14 Å². The topological polar surface area (TPSA) is 43.4 Å². The van der Waals surface area contributed by atoms with Gasteiger partial charge in [-0.3, -0.25) is 4.79 Å². The number of hydrogen-bond donors (Lipinski definition) is 0. The Morgan fingerprint density at radius 3 is 2.16 bits per heavy atom. The van der Waals surface area contributed by atoms with E-state index in [0.717, 1.165) is 41.7 Å². The van der Waals surface area contributed by atoms with Gasteiger partial charge >= 0.3 is 0 Å². The third-order valence-electron chi connectivity index (χ3n) is 5.89. The molecule has 0 aliphatic carbocycles. The Labute approximate surface area is 185 Å². The van der Waals surface area contributed by atoms with Gasteiger partial charge in [-0.1, -0.05) is 62.2 Å². The Kier molecular flexibility index (Phi) is 7.51. The maximum Gasteiger partial charge on any atom is 0.230 e. The van der Waals surface area contributed by atoms with Gasteiger partial charge in [-0.2, -0.15) is 0 Å². The summed E-state index contributed by atoms with van der Waals surface area (Å²) in [6.45, 7) is 8.81. The molecule has 0 aliphatic heterocycles. The molecule has 0 radical (unpaired) electrons. The van der Waals surface area contributed by atoms with Gasteiger partial charge in [0.1, 0.15) is 5.75 Å². The zero-order chi connectivity index (χ0) is 22.4. The number of benzene rings is 3. The highest BCUT2D eigenvalue weighted by Gasteiger charge is 2.38. The summed E-state index contributed by atoms with van der Waals surface area (Å²) < 4.78 is 20.4. The first-order valence-corrected chi connectivity index (χ1v) is 12.6. The summed E-state index contributed by atoms with van der Waals surface area (Å²) in [6.07, 6.45) is 3.28. The molecule has 3 aromatic carbocycles. The Morgan fingerprint density at radius 1 is 0.839 bits per heavy atom. The maximum atomic E-state index is 14.6. The van der Waals surface area contributed by atoms with Crippen molar-refractivity contribution in [3.05, 3.63) is 89.0 Å². The maximum absolute atomic E-state index is 14.6. The summed E-state index contributed by atoms with van der Waals surface area (Å²) in [5, 5.41) is 1.15. The Morgan fingerprint density at radius 2 is 1.52 bits per heavy atom. The molecule has 3 aromatic rings. The number of rotatable bonds is 9. The lowest BCUT2D eigenvalue weighted by Crippen LogP contribution is -2.25. The molecule has 1 unspecified atom stereocenters. The lowest BCUT2D eigenvalue weighted by atomic mass is 10.1.